The van der Waals surface area contributed by atoms with Crippen molar-refractivity contribution in [1.82, 2.24) is 10.1 Å². The lowest BCUT2D eigenvalue weighted by Crippen LogP contribution is -2.18. The van der Waals surface area contributed by atoms with E-state index >= 15 is 0 Å². The number of aliphatic hydroxyl groups excluding tert-OH is 1. The molecule has 148 valence electrons. The molecule has 0 fully saturated rings. The van der Waals surface area contributed by atoms with E-state index in [-0.39, 0.29) is 11.6 Å². The highest BCUT2D eigenvalue weighted by atomic mass is 32.1. The standard InChI is InChI=1S/C20H17N3O5S/c1-10-7-15(23-28-10)20(2,26)6-5-11-3-4-14-12(8-11)16-17(13(24)9-27-14)29-19(22-16)18(21)25/h3-4,7-8,13,24,26H,9H2,1-2H3,(H2,21,25)/t13?,20-/m1/s1. The number of aryl methyl sites for hydroxylation is 1. The number of fused-ring (bicyclic) bond motifs is 3. The van der Waals surface area contributed by atoms with Gasteiger partial charge in [0.25, 0.3) is 5.91 Å². The molecule has 1 aliphatic heterocycles. The molecule has 8 nitrogen and oxygen atoms in total. The Balaban J connectivity index is 1.76. The smallest absolute Gasteiger partial charge is 0.277 e. The van der Waals surface area contributed by atoms with Crippen molar-refractivity contribution in [3.63, 3.8) is 0 Å². The van der Waals surface area contributed by atoms with E-state index in [2.05, 4.69) is 22.0 Å². The molecule has 4 N–H and O–H groups in total. The van der Waals surface area contributed by atoms with Gasteiger partial charge in [-0.15, -0.1) is 11.3 Å². The van der Waals surface area contributed by atoms with E-state index < -0.39 is 17.6 Å². The van der Waals surface area contributed by atoms with Gasteiger partial charge in [0.15, 0.2) is 10.6 Å². The van der Waals surface area contributed by atoms with Crippen molar-refractivity contribution in [2.45, 2.75) is 25.6 Å². The van der Waals surface area contributed by atoms with Gasteiger partial charge in [-0.05, 0) is 32.0 Å². The SMILES string of the molecule is Cc1cc([C@](C)(O)C#Cc2ccc3c(c2)-c2nc(C(N)=O)sc2C(O)CO3)no1. The number of benzene rings is 1. The van der Waals surface area contributed by atoms with E-state index in [0.717, 1.165) is 11.3 Å². The average molecular weight is 411 g/mol. The van der Waals surface area contributed by atoms with Gasteiger partial charge in [0, 0.05) is 17.2 Å². The minimum atomic E-state index is -1.50. The fourth-order valence-electron chi connectivity index (χ4n) is 2.87. The molecule has 0 spiro atoms. The predicted molar refractivity (Wildman–Crippen MR) is 104 cm³/mol. The van der Waals surface area contributed by atoms with Crippen molar-refractivity contribution in [1.29, 1.82) is 0 Å². The lowest BCUT2D eigenvalue weighted by atomic mass is 10.0. The quantitative estimate of drug-likeness (QED) is 0.549. The van der Waals surface area contributed by atoms with Gasteiger partial charge in [-0.3, -0.25) is 4.79 Å². The topological polar surface area (TPSA) is 132 Å². The van der Waals surface area contributed by atoms with Crippen LogP contribution < -0.4 is 10.5 Å². The summed E-state index contributed by atoms with van der Waals surface area (Å²) in [6.07, 6.45) is -0.923. The Hall–Kier alpha value is -3.19. The molecule has 0 saturated carbocycles. The Labute approximate surface area is 169 Å². The number of rotatable bonds is 2. The number of ether oxygens (including phenoxy) is 1. The first-order chi connectivity index (χ1) is 13.7. The van der Waals surface area contributed by atoms with Crippen LogP contribution >= 0.6 is 11.3 Å². The van der Waals surface area contributed by atoms with Gasteiger partial charge in [0.05, 0.1) is 10.6 Å². The number of amides is 1. The van der Waals surface area contributed by atoms with Gasteiger partial charge in [-0.2, -0.15) is 0 Å². The molecule has 2 aromatic heterocycles. The molecule has 0 saturated heterocycles. The summed E-state index contributed by atoms with van der Waals surface area (Å²) in [5.74, 6) is 6.13. The van der Waals surface area contributed by atoms with E-state index in [1.807, 2.05) is 0 Å². The average Bonchev–Trinajstić information content (AvgIpc) is 3.29. The third-order valence-corrected chi connectivity index (χ3v) is 5.55. The lowest BCUT2D eigenvalue weighted by molar-refractivity contribution is 0.0999. The van der Waals surface area contributed by atoms with Crippen LogP contribution in [0.4, 0.5) is 0 Å². The molecule has 4 rings (SSSR count). The molecule has 0 radical (unpaired) electrons. The fourth-order valence-corrected chi connectivity index (χ4v) is 3.78. The number of nitrogens with two attached hydrogens (primary N) is 1. The molecule has 1 aromatic carbocycles. The van der Waals surface area contributed by atoms with Crippen LogP contribution in [0.2, 0.25) is 0 Å². The third kappa shape index (κ3) is 3.61. The van der Waals surface area contributed by atoms with Gasteiger partial charge in [-0.25, -0.2) is 4.98 Å². The molecule has 0 bridgehead atoms. The van der Waals surface area contributed by atoms with Crippen molar-refractivity contribution in [3.05, 3.63) is 51.2 Å². The third-order valence-electron chi connectivity index (χ3n) is 4.38. The zero-order valence-corrected chi connectivity index (χ0v) is 16.4. The summed E-state index contributed by atoms with van der Waals surface area (Å²) < 4.78 is 10.7. The molecule has 3 aromatic rings. The highest BCUT2D eigenvalue weighted by Gasteiger charge is 2.28. The van der Waals surface area contributed by atoms with Crippen LogP contribution in [0, 0.1) is 18.8 Å². The summed E-state index contributed by atoms with van der Waals surface area (Å²) in [5.41, 5.74) is 5.77. The fraction of sp³-hybridized carbons (Fsp3) is 0.250. The second-order valence-corrected chi connectivity index (χ2v) is 7.81. The molecule has 9 heteroatoms. The lowest BCUT2D eigenvalue weighted by Gasteiger charge is -2.11. The van der Waals surface area contributed by atoms with Crippen molar-refractivity contribution < 1.29 is 24.3 Å². The predicted octanol–water partition coefficient (Wildman–Crippen LogP) is 1.89. The summed E-state index contributed by atoms with van der Waals surface area (Å²) >= 11 is 1.04. The van der Waals surface area contributed by atoms with Gasteiger partial charge < -0.3 is 25.2 Å². The van der Waals surface area contributed by atoms with E-state index in [9.17, 15) is 15.0 Å². The van der Waals surface area contributed by atoms with Crippen LogP contribution in [-0.2, 0) is 5.60 Å². The maximum Gasteiger partial charge on any atom is 0.277 e. The van der Waals surface area contributed by atoms with Crippen LogP contribution in [0.5, 0.6) is 5.75 Å². The largest absolute Gasteiger partial charge is 0.490 e. The van der Waals surface area contributed by atoms with Gasteiger partial charge in [-0.1, -0.05) is 17.0 Å². The Morgan fingerprint density at radius 1 is 1.41 bits per heavy atom. The van der Waals surface area contributed by atoms with Gasteiger partial charge in [0.2, 0.25) is 0 Å². The zero-order valence-electron chi connectivity index (χ0n) is 15.6. The monoisotopic (exact) mass is 411 g/mol. The van der Waals surface area contributed by atoms with E-state index in [0.29, 0.717) is 38.9 Å². The van der Waals surface area contributed by atoms with Crippen LogP contribution in [0.15, 0.2) is 28.8 Å². The summed E-state index contributed by atoms with van der Waals surface area (Å²) in [5, 5.41) is 24.8. The number of hydrogen-bond donors (Lipinski definition) is 3. The molecular formula is C20H17N3O5S. The van der Waals surface area contributed by atoms with Crippen LogP contribution in [0.3, 0.4) is 0 Å². The Morgan fingerprint density at radius 3 is 2.90 bits per heavy atom. The molecule has 29 heavy (non-hydrogen) atoms. The summed E-state index contributed by atoms with van der Waals surface area (Å²) in [4.78, 5) is 16.3. The van der Waals surface area contributed by atoms with E-state index in [1.165, 1.54) is 6.92 Å². The molecule has 3 heterocycles. The Morgan fingerprint density at radius 2 is 2.21 bits per heavy atom. The summed E-state index contributed by atoms with van der Waals surface area (Å²) in [7, 11) is 0. The maximum absolute atomic E-state index is 11.5. The van der Waals surface area contributed by atoms with Gasteiger partial charge >= 0.3 is 0 Å². The van der Waals surface area contributed by atoms with Crippen LogP contribution in [0.1, 0.15) is 44.7 Å². The van der Waals surface area contributed by atoms with Crippen molar-refractivity contribution in [3.8, 4) is 28.8 Å². The number of thiazole rings is 1. The Kier molecular flexibility index (Phi) is 4.62. The van der Waals surface area contributed by atoms with Crippen molar-refractivity contribution >= 4 is 17.2 Å². The number of nitrogens with zero attached hydrogens (tertiary/aromatic N) is 2. The minimum Gasteiger partial charge on any atom is -0.490 e. The first kappa shape index (κ1) is 19.1. The second kappa shape index (κ2) is 7.00. The second-order valence-electron chi connectivity index (χ2n) is 6.78. The van der Waals surface area contributed by atoms with Crippen molar-refractivity contribution in [2.75, 3.05) is 6.61 Å². The highest BCUT2D eigenvalue weighted by molar-refractivity contribution is 7.14. The number of hydrogen-bond acceptors (Lipinski definition) is 8. The number of carbonyl (C=O) groups is 1. The molecular weight excluding hydrogens is 394 g/mol. The zero-order chi connectivity index (χ0) is 20.8. The molecule has 1 unspecified atom stereocenters. The number of aromatic nitrogens is 2. The van der Waals surface area contributed by atoms with Crippen molar-refractivity contribution in [2.24, 2.45) is 5.73 Å². The Bertz CT molecular complexity index is 1170. The number of carbonyl (C=O) groups excluding carboxylic acids is 1. The summed E-state index contributed by atoms with van der Waals surface area (Å²) in [6, 6.07) is 6.79. The molecule has 0 aliphatic carbocycles. The molecule has 1 amide bonds. The first-order valence-electron chi connectivity index (χ1n) is 8.70. The highest BCUT2D eigenvalue weighted by Crippen LogP contribution is 2.41. The van der Waals surface area contributed by atoms with E-state index in [4.69, 9.17) is 15.0 Å². The van der Waals surface area contributed by atoms with Crippen LogP contribution in [-0.4, -0.2) is 32.9 Å². The van der Waals surface area contributed by atoms with Gasteiger partial charge in [0.1, 0.15) is 29.9 Å². The maximum atomic E-state index is 11.5. The first-order valence-corrected chi connectivity index (χ1v) is 9.51. The van der Waals surface area contributed by atoms with E-state index in [1.54, 1.807) is 31.2 Å². The molecule has 2 atom stereocenters. The normalized spacial score (nSPS) is 17.0. The number of primary amides is 1. The summed E-state index contributed by atoms with van der Waals surface area (Å²) in [6.45, 7) is 3.29. The number of aliphatic hydroxyl groups is 2. The molecule has 1 aliphatic rings. The van der Waals surface area contributed by atoms with Crippen LogP contribution in [0.25, 0.3) is 11.3 Å². The minimum absolute atomic E-state index is 0.0334.